The van der Waals surface area contributed by atoms with Crippen LogP contribution in [0.15, 0.2) is 47.3 Å². The van der Waals surface area contributed by atoms with Gasteiger partial charge in [-0.05, 0) is 92.4 Å². The van der Waals surface area contributed by atoms with Gasteiger partial charge in [0, 0.05) is 17.6 Å². The summed E-state index contributed by atoms with van der Waals surface area (Å²) in [5.74, 6) is -0.342. The topological polar surface area (TPSA) is 62.4 Å². The molecule has 162 valence electrons. The van der Waals surface area contributed by atoms with E-state index in [-0.39, 0.29) is 24.5 Å². The fourth-order valence-corrected chi connectivity index (χ4v) is 3.97. The number of nitrogens with zero attached hydrogens (tertiary/aromatic N) is 1. The zero-order valence-corrected chi connectivity index (χ0v) is 18.1. The molecule has 0 bridgehead atoms. The van der Waals surface area contributed by atoms with E-state index in [1.54, 1.807) is 32.9 Å². The van der Waals surface area contributed by atoms with Gasteiger partial charge in [-0.25, -0.2) is 9.18 Å². The first-order valence-electron chi connectivity index (χ1n) is 10.6. The molecule has 0 aliphatic heterocycles. The largest absolute Gasteiger partial charge is 0.444 e. The van der Waals surface area contributed by atoms with E-state index in [9.17, 15) is 14.0 Å². The maximum Gasteiger partial charge on any atom is 0.410 e. The Bertz CT molecular complexity index is 1180. The molecule has 0 unspecified atom stereocenters. The van der Waals surface area contributed by atoms with Gasteiger partial charge < -0.3 is 9.72 Å². The molecule has 1 aliphatic rings. The van der Waals surface area contributed by atoms with Crippen molar-refractivity contribution in [2.45, 2.75) is 58.7 Å². The van der Waals surface area contributed by atoms with E-state index >= 15 is 0 Å². The van der Waals surface area contributed by atoms with Gasteiger partial charge in [0.15, 0.2) is 0 Å². The van der Waals surface area contributed by atoms with E-state index in [0.29, 0.717) is 5.56 Å². The number of benzene rings is 2. The van der Waals surface area contributed by atoms with E-state index in [1.165, 1.54) is 28.2 Å². The molecule has 1 aliphatic carbocycles. The molecule has 0 saturated heterocycles. The van der Waals surface area contributed by atoms with Gasteiger partial charge in [0.05, 0.1) is 6.54 Å². The van der Waals surface area contributed by atoms with Crippen molar-refractivity contribution in [3.8, 4) is 0 Å². The molecule has 1 aromatic heterocycles. The van der Waals surface area contributed by atoms with E-state index in [1.807, 2.05) is 6.07 Å². The first kappa shape index (κ1) is 21.1. The van der Waals surface area contributed by atoms with Gasteiger partial charge in [-0.2, -0.15) is 0 Å². The number of rotatable bonds is 4. The second-order valence-corrected chi connectivity index (χ2v) is 9.15. The van der Waals surface area contributed by atoms with Crippen molar-refractivity contribution in [2.75, 3.05) is 0 Å². The van der Waals surface area contributed by atoms with Gasteiger partial charge in [0.1, 0.15) is 11.4 Å². The van der Waals surface area contributed by atoms with Crippen LogP contribution in [-0.4, -0.2) is 21.6 Å². The van der Waals surface area contributed by atoms with Crippen LogP contribution >= 0.6 is 0 Å². The molecule has 0 radical (unpaired) electrons. The first-order chi connectivity index (χ1) is 14.7. The van der Waals surface area contributed by atoms with Gasteiger partial charge in [-0.3, -0.25) is 9.69 Å². The SMILES string of the molecule is CC(C)(C)OC(=O)N(Cc1ccc(F)cc1)Cc1cc2cc3c(cc2[nH]c1=O)CCC3. The summed E-state index contributed by atoms with van der Waals surface area (Å²) in [7, 11) is 0. The predicted molar refractivity (Wildman–Crippen MR) is 118 cm³/mol. The fraction of sp³-hybridized carbons (Fsp3) is 0.360. The van der Waals surface area contributed by atoms with Crippen LogP contribution in [-0.2, 0) is 30.7 Å². The number of nitrogens with one attached hydrogen (secondary N) is 1. The summed E-state index contributed by atoms with van der Waals surface area (Å²) >= 11 is 0. The summed E-state index contributed by atoms with van der Waals surface area (Å²) in [5, 5.41) is 0.959. The van der Waals surface area contributed by atoms with E-state index < -0.39 is 11.7 Å². The Kier molecular flexibility index (Phi) is 5.56. The molecule has 3 aromatic rings. The van der Waals surface area contributed by atoms with Crippen molar-refractivity contribution in [1.82, 2.24) is 9.88 Å². The number of aryl methyl sites for hydroxylation is 2. The zero-order chi connectivity index (χ0) is 22.2. The minimum absolute atomic E-state index is 0.0919. The minimum atomic E-state index is -0.672. The van der Waals surface area contributed by atoms with Gasteiger partial charge >= 0.3 is 6.09 Å². The molecule has 31 heavy (non-hydrogen) atoms. The van der Waals surface area contributed by atoms with Crippen molar-refractivity contribution in [3.05, 3.63) is 80.9 Å². The third-order valence-corrected chi connectivity index (χ3v) is 5.43. The molecule has 4 rings (SSSR count). The monoisotopic (exact) mass is 422 g/mol. The number of fused-ring (bicyclic) bond motifs is 2. The van der Waals surface area contributed by atoms with Crippen molar-refractivity contribution >= 4 is 17.0 Å². The summed E-state index contributed by atoms with van der Waals surface area (Å²) in [6.45, 7) is 5.69. The lowest BCUT2D eigenvalue weighted by molar-refractivity contribution is 0.0216. The number of H-pyrrole nitrogens is 1. The van der Waals surface area contributed by atoms with Crippen LogP contribution in [0.5, 0.6) is 0 Å². The van der Waals surface area contributed by atoms with Crippen LogP contribution in [0.1, 0.15) is 49.4 Å². The molecule has 1 amide bonds. The molecule has 0 spiro atoms. The van der Waals surface area contributed by atoms with Crippen LogP contribution in [0.4, 0.5) is 9.18 Å². The number of pyridine rings is 1. The highest BCUT2D eigenvalue weighted by molar-refractivity contribution is 5.81. The summed E-state index contributed by atoms with van der Waals surface area (Å²) in [6, 6.07) is 12.0. The predicted octanol–water partition coefficient (Wildman–Crippen LogP) is 5.09. The van der Waals surface area contributed by atoms with Crippen molar-refractivity contribution in [2.24, 2.45) is 0 Å². The quantitative estimate of drug-likeness (QED) is 0.637. The molecule has 1 N–H and O–H groups in total. The lowest BCUT2D eigenvalue weighted by Crippen LogP contribution is -2.37. The lowest BCUT2D eigenvalue weighted by atomic mass is 10.0. The zero-order valence-electron chi connectivity index (χ0n) is 18.1. The standard InChI is InChI=1S/C25H27FN2O3/c1-25(2,3)31-24(30)28(14-16-7-9-21(26)10-8-16)15-20-12-19-11-17-5-4-6-18(17)13-22(19)27-23(20)29/h7-13H,4-6,14-15H2,1-3H3,(H,27,29). The Hall–Kier alpha value is -3.15. The second-order valence-electron chi connectivity index (χ2n) is 9.15. The third-order valence-electron chi connectivity index (χ3n) is 5.43. The number of ether oxygens (including phenoxy) is 1. The summed E-state index contributed by atoms with van der Waals surface area (Å²) < 4.78 is 18.9. The van der Waals surface area contributed by atoms with Crippen molar-refractivity contribution in [1.29, 1.82) is 0 Å². The Morgan fingerprint density at radius 2 is 1.74 bits per heavy atom. The van der Waals surface area contributed by atoms with Crippen LogP contribution < -0.4 is 5.56 Å². The lowest BCUT2D eigenvalue weighted by Gasteiger charge is -2.27. The number of halogens is 1. The fourth-order valence-electron chi connectivity index (χ4n) is 3.97. The van der Waals surface area contributed by atoms with Crippen LogP contribution in [0, 0.1) is 5.82 Å². The third kappa shape index (κ3) is 4.95. The normalized spacial score (nSPS) is 13.3. The molecule has 0 fully saturated rings. The smallest absolute Gasteiger partial charge is 0.410 e. The number of amides is 1. The van der Waals surface area contributed by atoms with Crippen molar-refractivity contribution in [3.63, 3.8) is 0 Å². The maximum atomic E-state index is 13.3. The summed E-state index contributed by atoms with van der Waals surface area (Å²) in [4.78, 5) is 30.1. The average Bonchev–Trinajstić information content (AvgIpc) is 3.13. The Morgan fingerprint density at radius 1 is 1.06 bits per heavy atom. The maximum absolute atomic E-state index is 13.3. The molecular formula is C25H27FN2O3. The highest BCUT2D eigenvalue weighted by Gasteiger charge is 2.24. The van der Waals surface area contributed by atoms with E-state index in [2.05, 4.69) is 17.1 Å². The Balaban J connectivity index is 1.66. The number of carbonyl (C=O) groups excluding carboxylic acids is 1. The number of carbonyl (C=O) groups is 1. The van der Waals surface area contributed by atoms with Gasteiger partial charge in [0.25, 0.3) is 5.56 Å². The summed E-state index contributed by atoms with van der Waals surface area (Å²) in [5.41, 5.74) is 3.77. The van der Waals surface area contributed by atoms with Crippen LogP contribution in [0.3, 0.4) is 0 Å². The highest BCUT2D eigenvalue weighted by atomic mass is 19.1. The molecule has 5 nitrogen and oxygen atoms in total. The molecule has 1 heterocycles. The van der Waals surface area contributed by atoms with Crippen LogP contribution in [0.2, 0.25) is 0 Å². The molecule has 2 aromatic carbocycles. The highest BCUT2D eigenvalue weighted by Crippen LogP contribution is 2.26. The molecular weight excluding hydrogens is 395 g/mol. The number of aromatic nitrogens is 1. The van der Waals surface area contributed by atoms with Gasteiger partial charge in [-0.1, -0.05) is 12.1 Å². The van der Waals surface area contributed by atoms with Gasteiger partial charge in [0.2, 0.25) is 0 Å². The number of hydrogen-bond donors (Lipinski definition) is 1. The molecule has 0 saturated carbocycles. The van der Waals surface area contributed by atoms with Crippen molar-refractivity contribution < 1.29 is 13.9 Å². The first-order valence-corrected chi connectivity index (χ1v) is 10.6. The Labute approximate surface area is 180 Å². The Morgan fingerprint density at radius 3 is 2.42 bits per heavy atom. The average molecular weight is 423 g/mol. The number of hydrogen-bond acceptors (Lipinski definition) is 3. The molecule has 0 atom stereocenters. The molecule has 6 heteroatoms. The van der Waals surface area contributed by atoms with E-state index in [0.717, 1.165) is 35.7 Å². The van der Waals surface area contributed by atoms with Crippen LogP contribution in [0.25, 0.3) is 10.9 Å². The van der Waals surface area contributed by atoms with Gasteiger partial charge in [-0.15, -0.1) is 0 Å². The number of aromatic amines is 1. The second kappa shape index (κ2) is 8.17. The summed E-state index contributed by atoms with van der Waals surface area (Å²) in [6.07, 6.45) is 2.70. The van der Waals surface area contributed by atoms with E-state index in [4.69, 9.17) is 4.74 Å². The minimum Gasteiger partial charge on any atom is -0.444 e.